The monoisotopic (exact) mass is 383 g/mol. The van der Waals surface area contributed by atoms with Gasteiger partial charge in [-0.15, -0.1) is 0 Å². The zero-order valence-electron chi connectivity index (χ0n) is 15.4. The van der Waals surface area contributed by atoms with Crippen LogP contribution in [0, 0.1) is 17.2 Å². The van der Waals surface area contributed by atoms with Crippen LogP contribution in [0.4, 0.5) is 4.39 Å². The molecule has 0 aromatic heterocycles. The van der Waals surface area contributed by atoms with Crippen LogP contribution in [0.15, 0.2) is 48.5 Å². The molecule has 1 atom stereocenters. The van der Waals surface area contributed by atoms with Crippen molar-refractivity contribution in [1.82, 2.24) is 4.90 Å². The van der Waals surface area contributed by atoms with Crippen molar-refractivity contribution in [2.45, 2.75) is 12.8 Å². The predicted octanol–water partition coefficient (Wildman–Crippen LogP) is 3.45. The van der Waals surface area contributed by atoms with Gasteiger partial charge < -0.3 is 14.7 Å². The predicted molar refractivity (Wildman–Crippen MR) is 101 cm³/mol. The Kier molecular flexibility index (Phi) is 4.89. The summed E-state index contributed by atoms with van der Waals surface area (Å²) in [4.78, 5) is 26.4. The number of carbonyl (C=O) groups excluding carboxylic acids is 1. The highest BCUT2D eigenvalue weighted by Crippen LogP contribution is 2.44. The molecule has 1 spiro atoms. The lowest BCUT2D eigenvalue weighted by Crippen LogP contribution is -2.40. The Balaban J connectivity index is 1.55. The number of carbonyl (C=O) groups is 2. The highest BCUT2D eigenvalue weighted by atomic mass is 19.1. The van der Waals surface area contributed by atoms with Gasteiger partial charge in [-0.25, -0.2) is 4.39 Å². The Morgan fingerprint density at radius 2 is 1.75 bits per heavy atom. The molecule has 2 fully saturated rings. The van der Waals surface area contributed by atoms with Crippen LogP contribution >= 0.6 is 0 Å². The number of likely N-dealkylation sites (tertiary alicyclic amines) is 1. The molecule has 2 heterocycles. The smallest absolute Gasteiger partial charge is 0.308 e. The van der Waals surface area contributed by atoms with Crippen LogP contribution in [0.3, 0.4) is 0 Å². The molecule has 0 radical (unpaired) electrons. The summed E-state index contributed by atoms with van der Waals surface area (Å²) in [6, 6.07) is 13.3. The molecule has 2 aromatic rings. The van der Waals surface area contributed by atoms with Gasteiger partial charge >= 0.3 is 5.97 Å². The maximum absolute atomic E-state index is 14.0. The van der Waals surface area contributed by atoms with Gasteiger partial charge in [0.2, 0.25) is 0 Å². The summed E-state index contributed by atoms with van der Waals surface area (Å²) in [5.41, 5.74) is 1.25. The van der Waals surface area contributed by atoms with Crippen LogP contribution in [0.2, 0.25) is 0 Å². The third kappa shape index (κ3) is 3.29. The summed E-state index contributed by atoms with van der Waals surface area (Å²) in [5.74, 6) is -1.92. The Morgan fingerprint density at radius 1 is 1.07 bits per heavy atom. The van der Waals surface area contributed by atoms with E-state index < -0.39 is 17.3 Å². The molecule has 2 aromatic carbocycles. The first-order valence-electron chi connectivity index (χ1n) is 9.45. The third-order valence-corrected chi connectivity index (χ3v) is 6.04. The lowest BCUT2D eigenvalue weighted by molar-refractivity contribution is -0.146. The van der Waals surface area contributed by atoms with Crippen LogP contribution in [0.25, 0.3) is 11.1 Å². The molecule has 2 saturated heterocycles. The normalized spacial score (nSPS) is 21.0. The van der Waals surface area contributed by atoms with Crippen LogP contribution in [-0.2, 0) is 9.53 Å². The highest BCUT2D eigenvalue weighted by Gasteiger charge is 2.52. The molecule has 1 amide bonds. The Hall–Kier alpha value is -2.73. The van der Waals surface area contributed by atoms with Crippen molar-refractivity contribution in [2.75, 3.05) is 26.3 Å². The number of carboxylic acid groups (broad SMARTS) is 1. The largest absolute Gasteiger partial charge is 0.481 e. The second-order valence-corrected chi connectivity index (χ2v) is 7.61. The summed E-state index contributed by atoms with van der Waals surface area (Å²) >= 11 is 0. The molecule has 2 aliphatic rings. The van der Waals surface area contributed by atoms with E-state index in [1.165, 1.54) is 6.07 Å². The standard InChI is InChI=1S/C22H22FNO4/c23-19-4-2-1-3-17(19)15-5-7-16(8-6-15)20(25)24-13-18(21(26)27)22(14-24)9-11-28-12-10-22/h1-8,18H,9-14H2,(H,26,27). The van der Waals surface area contributed by atoms with E-state index in [0.717, 1.165) is 0 Å². The molecule has 1 unspecified atom stereocenters. The van der Waals surface area contributed by atoms with Gasteiger partial charge in [-0.2, -0.15) is 0 Å². The topological polar surface area (TPSA) is 66.8 Å². The Labute approximate surface area is 162 Å². The number of carboxylic acids is 1. The van der Waals surface area contributed by atoms with E-state index in [4.69, 9.17) is 4.74 Å². The van der Waals surface area contributed by atoms with E-state index in [2.05, 4.69) is 0 Å². The fraction of sp³-hybridized carbons (Fsp3) is 0.364. The van der Waals surface area contributed by atoms with Crippen molar-refractivity contribution in [2.24, 2.45) is 11.3 Å². The van der Waals surface area contributed by atoms with Crippen LogP contribution in [-0.4, -0.2) is 48.2 Å². The third-order valence-electron chi connectivity index (χ3n) is 6.04. The minimum Gasteiger partial charge on any atom is -0.481 e. The number of hydrogen-bond donors (Lipinski definition) is 1. The molecular formula is C22H22FNO4. The van der Waals surface area contributed by atoms with E-state index in [0.29, 0.717) is 49.3 Å². The van der Waals surface area contributed by atoms with Crippen LogP contribution in [0.5, 0.6) is 0 Å². The number of rotatable bonds is 3. The van der Waals surface area contributed by atoms with Gasteiger partial charge in [0.25, 0.3) is 5.91 Å². The summed E-state index contributed by atoms with van der Waals surface area (Å²) in [5, 5.41) is 9.67. The zero-order chi connectivity index (χ0) is 19.7. The number of nitrogens with zero attached hydrogens (tertiary/aromatic N) is 1. The average Bonchev–Trinajstić information content (AvgIpc) is 3.07. The fourth-order valence-electron chi connectivity index (χ4n) is 4.42. The van der Waals surface area contributed by atoms with Crippen molar-refractivity contribution >= 4 is 11.9 Å². The molecule has 4 rings (SSSR count). The number of hydrogen-bond acceptors (Lipinski definition) is 3. The van der Waals surface area contributed by atoms with Crippen molar-refractivity contribution < 1.29 is 23.8 Å². The number of benzene rings is 2. The highest BCUT2D eigenvalue weighted by molar-refractivity contribution is 5.95. The summed E-state index contributed by atoms with van der Waals surface area (Å²) in [6.07, 6.45) is 1.31. The van der Waals surface area contributed by atoms with Crippen molar-refractivity contribution in [3.05, 3.63) is 59.9 Å². The molecule has 0 aliphatic carbocycles. The number of halogens is 1. The quantitative estimate of drug-likeness (QED) is 0.882. The Morgan fingerprint density at radius 3 is 2.39 bits per heavy atom. The minimum absolute atomic E-state index is 0.185. The number of amides is 1. The SMILES string of the molecule is O=C(O)C1CN(C(=O)c2ccc(-c3ccccc3F)cc2)CC12CCOCC2. The Bertz CT molecular complexity index is 890. The molecule has 28 heavy (non-hydrogen) atoms. The van der Waals surface area contributed by atoms with Gasteiger partial charge in [0.15, 0.2) is 0 Å². The second kappa shape index (κ2) is 7.36. The molecule has 146 valence electrons. The van der Waals surface area contributed by atoms with Crippen molar-refractivity contribution in [1.29, 1.82) is 0 Å². The molecule has 0 bridgehead atoms. The molecular weight excluding hydrogens is 361 g/mol. The maximum Gasteiger partial charge on any atom is 0.308 e. The van der Waals surface area contributed by atoms with Gasteiger partial charge in [-0.1, -0.05) is 30.3 Å². The first kappa shape index (κ1) is 18.6. The van der Waals surface area contributed by atoms with E-state index in [-0.39, 0.29) is 18.3 Å². The summed E-state index contributed by atoms with van der Waals surface area (Å²) in [7, 11) is 0. The summed E-state index contributed by atoms with van der Waals surface area (Å²) in [6.45, 7) is 1.71. The van der Waals surface area contributed by atoms with E-state index in [1.807, 2.05) is 0 Å². The van der Waals surface area contributed by atoms with Gasteiger partial charge in [-0.3, -0.25) is 9.59 Å². The number of aliphatic carboxylic acids is 1. The lowest BCUT2D eigenvalue weighted by atomic mass is 9.72. The summed E-state index contributed by atoms with van der Waals surface area (Å²) < 4.78 is 19.4. The lowest BCUT2D eigenvalue weighted by Gasteiger charge is -2.36. The first-order chi connectivity index (χ1) is 13.5. The van der Waals surface area contributed by atoms with Gasteiger partial charge in [0.1, 0.15) is 5.82 Å². The van der Waals surface area contributed by atoms with Crippen molar-refractivity contribution in [3.8, 4) is 11.1 Å². The van der Waals surface area contributed by atoms with Gasteiger partial charge in [0.05, 0.1) is 5.92 Å². The number of ether oxygens (including phenoxy) is 1. The van der Waals surface area contributed by atoms with Crippen LogP contribution in [0.1, 0.15) is 23.2 Å². The molecule has 2 aliphatic heterocycles. The molecule has 5 nitrogen and oxygen atoms in total. The van der Waals surface area contributed by atoms with Crippen LogP contribution < -0.4 is 0 Å². The van der Waals surface area contributed by atoms with Gasteiger partial charge in [-0.05, 0) is 36.6 Å². The first-order valence-corrected chi connectivity index (χ1v) is 9.45. The minimum atomic E-state index is -0.855. The van der Waals surface area contributed by atoms with E-state index >= 15 is 0 Å². The zero-order valence-corrected chi connectivity index (χ0v) is 15.4. The molecule has 1 N–H and O–H groups in total. The average molecular weight is 383 g/mol. The maximum atomic E-state index is 14.0. The van der Waals surface area contributed by atoms with E-state index in [9.17, 15) is 19.1 Å². The van der Waals surface area contributed by atoms with Gasteiger partial charge in [0, 0.05) is 42.8 Å². The molecule has 0 saturated carbocycles. The fourth-order valence-corrected chi connectivity index (χ4v) is 4.42. The van der Waals surface area contributed by atoms with E-state index in [1.54, 1.807) is 47.4 Å². The molecule has 6 heteroatoms. The van der Waals surface area contributed by atoms with Crippen molar-refractivity contribution in [3.63, 3.8) is 0 Å². The second-order valence-electron chi connectivity index (χ2n) is 7.61.